The van der Waals surface area contributed by atoms with Crippen LogP contribution in [0.1, 0.15) is 10.4 Å². The van der Waals surface area contributed by atoms with Crippen molar-refractivity contribution >= 4 is 17.0 Å². The standard InChI is InChI=1S/C14H11N3O3/c1-20-10-4-5-12(11(7-10)14(18)19)17-13-9(8-16-17)3-2-6-15-13/h2-8H,1H3,(H,18,19). The monoisotopic (exact) mass is 269 g/mol. The first kappa shape index (κ1) is 12.2. The highest BCUT2D eigenvalue weighted by Crippen LogP contribution is 2.23. The lowest BCUT2D eigenvalue weighted by molar-refractivity contribution is 0.0696. The molecular formula is C14H11N3O3. The first-order valence-electron chi connectivity index (χ1n) is 5.91. The highest BCUT2D eigenvalue weighted by atomic mass is 16.5. The molecule has 2 heterocycles. The van der Waals surface area contributed by atoms with Crippen LogP contribution in [0.25, 0.3) is 16.7 Å². The molecule has 1 aromatic carbocycles. The first-order valence-corrected chi connectivity index (χ1v) is 5.91. The van der Waals surface area contributed by atoms with Crippen LogP contribution in [0.2, 0.25) is 0 Å². The van der Waals surface area contributed by atoms with Gasteiger partial charge in [-0.1, -0.05) is 0 Å². The molecule has 1 N–H and O–H groups in total. The molecule has 0 spiro atoms. The molecule has 3 rings (SSSR count). The average molecular weight is 269 g/mol. The van der Waals surface area contributed by atoms with E-state index in [2.05, 4.69) is 10.1 Å². The Morgan fingerprint density at radius 2 is 2.20 bits per heavy atom. The Labute approximate surface area is 114 Å². The second-order valence-electron chi connectivity index (χ2n) is 4.16. The number of benzene rings is 1. The van der Waals surface area contributed by atoms with Gasteiger partial charge in [-0.25, -0.2) is 14.5 Å². The SMILES string of the molecule is COc1ccc(-n2ncc3cccnc32)c(C(=O)O)c1. The minimum absolute atomic E-state index is 0.111. The van der Waals surface area contributed by atoms with Gasteiger partial charge in [0.1, 0.15) is 5.75 Å². The van der Waals surface area contributed by atoms with E-state index >= 15 is 0 Å². The Morgan fingerprint density at radius 1 is 1.35 bits per heavy atom. The number of methoxy groups -OCH3 is 1. The molecule has 6 heteroatoms. The van der Waals surface area contributed by atoms with Gasteiger partial charge in [0.05, 0.1) is 24.6 Å². The van der Waals surface area contributed by atoms with Crippen molar-refractivity contribution in [2.45, 2.75) is 0 Å². The fourth-order valence-electron chi connectivity index (χ4n) is 2.04. The fourth-order valence-corrected chi connectivity index (χ4v) is 2.04. The number of fused-ring (bicyclic) bond motifs is 1. The summed E-state index contributed by atoms with van der Waals surface area (Å²) in [6.07, 6.45) is 3.29. The van der Waals surface area contributed by atoms with Gasteiger partial charge in [0.25, 0.3) is 0 Å². The zero-order valence-corrected chi connectivity index (χ0v) is 10.6. The van der Waals surface area contributed by atoms with E-state index in [1.807, 2.05) is 6.07 Å². The van der Waals surface area contributed by atoms with E-state index in [1.54, 1.807) is 30.6 Å². The van der Waals surface area contributed by atoms with Gasteiger partial charge < -0.3 is 9.84 Å². The van der Waals surface area contributed by atoms with Crippen LogP contribution in [0, 0.1) is 0 Å². The molecule has 0 fully saturated rings. The number of carbonyl (C=O) groups is 1. The number of nitrogens with zero attached hydrogens (tertiary/aromatic N) is 3. The average Bonchev–Trinajstić information content (AvgIpc) is 2.90. The normalized spacial score (nSPS) is 10.7. The molecule has 6 nitrogen and oxygen atoms in total. The summed E-state index contributed by atoms with van der Waals surface area (Å²) in [6, 6.07) is 8.49. The molecule has 0 saturated carbocycles. The van der Waals surface area contributed by atoms with Crippen molar-refractivity contribution in [3.8, 4) is 11.4 Å². The molecule has 3 aromatic rings. The number of aromatic nitrogens is 3. The molecule has 100 valence electrons. The zero-order valence-electron chi connectivity index (χ0n) is 10.6. The highest BCUT2D eigenvalue weighted by Gasteiger charge is 2.16. The van der Waals surface area contributed by atoms with Gasteiger partial charge in [0, 0.05) is 11.6 Å². The van der Waals surface area contributed by atoms with Crippen molar-refractivity contribution in [3.05, 3.63) is 48.3 Å². The van der Waals surface area contributed by atoms with E-state index in [-0.39, 0.29) is 5.56 Å². The lowest BCUT2D eigenvalue weighted by Gasteiger charge is -2.09. The number of pyridine rings is 1. The van der Waals surface area contributed by atoms with Crippen LogP contribution < -0.4 is 4.74 Å². The van der Waals surface area contributed by atoms with Gasteiger partial charge in [-0.15, -0.1) is 0 Å². The van der Waals surface area contributed by atoms with Crippen molar-refractivity contribution in [2.24, 2.45) is 0 Å². The summed E-state index contributed by atoms with van der Waals surface area (Å²) in [5.74, 6) is -0.561. The fraction of sp³-hybridized carbons (Fsp3) is 0.0714. The maximum Gasteiger partial charge on any atom is 0.338 e. The summed E-state index contributed by atoms with van der Waals surface area (Å²) in [5, 5.41) is 14.4. The number of aromatic carboxylic acids is 1. The van der Waals surface area contributed by atoms with E-state index in [0.717, 1.165) is 5.39 Å². The van der Waals surface area contributed by atoms with Crippen molar-refractivity contribution in [2.75, 3.05) is 7.11 Å². The number of carboxylic acids is 1. The van der Waals surface area contributed by atoms with Crippen LogP contribution in [0.4, 0.5) is 0 Å². The Morgan fingerprint density at radius 3 is 2.95 bits per heavy atom. The lowest BCUT2D eigenvalue weighted by Crippen LogP contribution is -2.07. The second-order valence-corrected chi connectivity index (χ2v) is 4.16. The van der Waals surface area contributed by atoms with Crippen LogP contribution in [0.5, 0.6) is 5.75 Å². The Hall–Kier alpha value is -2.89. The molecule has 2 aromatic heterocycles. The summed E-state index contributed by atoms with van der Waals surface area (Å²) in [4.78, 5) is 15.6. The molecule has 0 aliphatic carbocycles. The smallest absolute Gasteiger partial charge is 0.338 e. The van der Waals surface area contributed by atoms with E-state index in [0.29, 0.717) is 17.1 Å². The van der Waals surface area contributed by atoms with E-state index in [4.69, 9.17) is 4.74 Å². The van der Waals surface area contributed by atoms with E-state index in [9.17, 15) is 9.90 Å². The Bertz CT molecular complexity index is 795. The maximum absolute atomic E-state index is 11.4. The summed E-state index contributed by atoms with van der Waals surface area (Å²) < 4.78 is 6.57. The predicted molar refractivity (Wildman–Crippen MR) is 72.4 cm³/mol. The molecule has 0 amide bonds. The highest BCUT2D eigenvalue weighted by molar-refractivity contribution is 5.93. The molecule has 0 unspecified atom stereocenters. The molecule has 0 aliphatic heterocycles. The lowest BCUT2D eigenvalue weighted by atomic mass is 10.1. The minimum atomic E-state index is -1.04. The van der Waals surface area contributed by atoms with Gasteiger partial charge in [0.2, 0.25) is 0 Å². The zero-order chi connectivity index (χ0) is 14.1. The molecule has 0 saturated heterocycles. The first-order chi connectivity index (χ1) is 9.70. The van der Waals surface area contributed by atoms with Crippen LogP contribution in [0.15, 0.2) is 42.7 Å². The van der Waals surface area contributed by atoms with Crippen molar-refractivity contribution in [1.82, 2.24) is 14.8 Å². The summed E-state index contributed by atoms with van der Waals surface area (Å²) in [5.41, 5.74) is 1.17. The second kappa shape index (κ2) is 4.65. The van der Waals surface area contributed by atoms with Crippen LogP contribution in [-0.2, 0) is 0 Å². The summed E-state index contributed by atoms with van der Waals surface area (Å²) >= 11 is 0. The number of carboxylic acid groups (broad SMARTS) is 1. The third kappa shape index (κ3) is 1.87. The van der Waals surface area contributed by atoms with Crippen LogP contribution in [0.3, 0.4) is 0 Å². The topological polar surface area (TPSA) is 77.2 Å². The van der Waals surface area contributed by atoms with Gasteiger partial charge >= 0.3 is 5.97 Å². The molecule has 20 heavy (non-hydrogen) atoms. The molecule has 0 aliphatic rings. The Balaban J connectivity index is 2.26. The largest absolute Gasteiger partial charge is 0.497 e. The van der Waals surface area contributed by atoms with Crippen molar-refractivity contribution in [1.29, 1.82) is 0 Å². The van der Waals surface area contributed by atoms with Gasteiger partial charge in [-0.05, 0) is 30.3 Å². The quantitative estimate of drug-likeness (QED) is 0.788. The third-order valence-electron chi connectivity index (χ3n) is 2.99. The van der Waals surface area contributed by atoms with Crippen LogP contribution in [-0.4, -0.2) is 33.0 Å². The number of ether oxygens (including phenoxy) is 1. The van der Waals surface area contributed by atoms with Gasteiger partial charge in [-0.2, -0.15) is 5.10 Å². The summed E-state index contributed by atoms with van der Waals surface area (Å²) in [7, 11) is 1.49. The number of rotatable bonds is 3. The van der Waals surface area contributed by atoms with Gasteiger partial charge in [-0.3, -0.25) is 0 Å². The molecule has 0 atom stereocenters. The predicted octanol–water partition coefficient (Wildman–Crippen LogP) is 2.13. The van der Waals surface area contributed by atoms with Crippen molar-refractivity contribution in [3.63, 3.8) is 0 Å². The van der Waals surface area contributed by atoms with Gasteiger partial charge in [0.15, 0.2) is 5.65 Å². The van der Waals surface area contributed by atoms with Crippen molar-refractivity contribution < 1.29 is 14.6 Å². The van der Waals surface area contributed by atoms with Crippen LogP contribution >= 0.6 is 0 Å². The van der Waals surface area contributed by atoms with E-state index < -0.39 is 5.97 Å². The molecule has 0 radical (unpaired) electrons. The minimum Gasteiger partial charge on any atom is -0.497 e. The molecular weight excluding hydrogens is 258 g/mol. The number of hydrogen-bond donors (Lipinski definition) is 1. The summed E-state index contributed by atoms with van der Waals surface area (Å²) in [6.45, 7) is 0. The van der Waals surface area contributed by atoms with E-state index in [1.165, 1.54) is 17.9 Å². The third-order valence-corrected chi connectivity index (χ3v) is 2.99. The molecule has 0 bridgehead atoms. The number of hydrogen-bond acceptors (Lipinski definition) is 4. The Kier molecular flexibility index (Phi) is 2.83. The maximum atomic E-state index is 11.4.